The molecule has 1 aromatic carbocycles. The van der Waals surface area contributed by atoms with Crippen molar-refractivity contribution in [3.8, 4) is 0 Å². The third kappa shape index (κ3) is 3.02. The lowest BCUT2D eigenvalue weighted by Gasteiger charge is -2.12. The molecule has 0 aromatic heterocycles. The minimum absolute atomic E-state index is 0.0232. The Hall–Kier alpha value is -0.950. The third-order valence-electron chi connectivity index (χ3n) is 1.92. The molecule has 0 amide bonds. The third-order valence-corrected chi connectivity index (χ3v) is 4.60. The standard InChI is InChI=1S/C9H7Br2NO4/c10-7(8(11)9(13)14)5-1-3-6(4-2-5)12(15)16/h1-4,7-8H,(H,13,14). The lowest BCUT2D eigenvalue weighted by molar-refractivity contribution is -0.384. The summed E-state index contributed by atoms with van der Waals surface area (Å²) in [6.45, 7) is 0. The average molecular weight is 353 g/mol. The Morgan fingerprint density at radius 3 is 2.19 bits per heavy atom. The summed E-state index contributed by atoms with van der Waals surface area (Å²) in [5.74, 6) is -1.000. The Morgan fingerprint density at radius 1 is 1.31 bits per heavy atom. The molecule has 0 aliphatic carbocycles. The van der Waals surface area contributed by atoms with Gasteiger partial charge in [0.2, 0.25) is 0 Å². The van der Waals surface area contributed by atoms with E-state index in [1.165, 1.54) is 24.3 Å². The molecule has 1 rings (SSSR count). The molecule has 2 unspecified atom stereocenters. The molecule has 1 N–H and O–H groups in total. The van der Waals surface area contributed by atoms with Gasteiger partial charge >= 0.3 is 5.97 Å². The van der Waals surface area contributed by atoms with E-state index in [2.05, 4.69) is 31.9 Å². The highest BCUT2D eigenvalue weighted by atomic mass is 79.9. The molecule has 5 nitrogen and oxygen atoms in total. The van der Waals surface area contributed by atoms with E-state index in [4.69, 9.17) is 5.11 Å². The van der Waals surface area contributed by atoms with Crippen LogP contribution >= 0.6 is 31.9 Å². The van der Waals surface area contributed by atoms with Crippen molar-refractivity contribution in [2.45, 2.75) is 9.65 Å². The van der Waals surface area contributed by atoms with Crippen LogP contribution in [0.15, 0.2) is 24.3 Å². The van der Waals surface area contributed by atoms with Crippen molar-refractivity contribution in [1.82, 2.24) is 0 Å². The molecule has 0 aliphatic heterocycles. The van der Waals surface area contributed by atoms with Crippen molar-refractivity contribution in [2.75, 3.05) is 0 Å². The summed E-state index contributed by atoms with van der Waals surface area (Å²) >= 11 is 6.23. The van der Waals surface area contributed by atoms with Crippen molar-refractivity contribution in [3.63, 3.8) is 0 Å². The number of hydrogen-bond acceptors (Lipinski definition) is 3. The first-order chi connectivity index (χ1) is 7.43. The van der Waals surface area contributed by atoms with Gasteiger partial charge in [0.1, 0.15) is 4.83 Å². The molecule has 0 saturated heterocycles. The number of carboxylic acids is 1. The van der Waals surface area contributed by atoms with Gasteiger partial charge in [-0.25, -0.2) is 0 Å². The minimum atomic E-state index is -1.000. The van der Waals surface area contributed by atoms with Gasteiger partial charge in [-0.05, 0) is 5.56 Å². The number of carbonyl (C=O) groups is 1. The number of non-ortho nitro benzene ring substituents is 1. The maximum Gasteiger partial charge on any atom is 0.318 e. The SMILES string of the molecule is O=C(O)C(Br)C(Br)c1ccc([N+](=O)[O-])cc1. The first-order valence-corrected chi connectivity index (χ1v) is 6.02. The van der Waals surface area contributed by atoms with Gasteiger partial charge in [-0.15, -0.1) is 0 Å². The summed E-state index contributed by atoms with van der Waals surface area (Å²) in [5.41, 5.74) is 0.639. The van der Waals surface area contributed by atoms with E-state index < -0.39 is 20.5 Å². The Bertz CT molecular complexity index is 406. The topological polar surface area (TPSA) is 80.4 Å². The fourth-order valence-electron chi connectivity index (χ4n) is 1.07. The largest absolute Gasteiger partial charge is 0.480 e. The van der Waals surface area contributed by atoms with Crippen molar-refractivity contribution >= 4 is 43.5 Å². The van der Waals surface area contributed by atoms with Crippen LogP contribution in [0.2, 0.25) is 0 Å². The highest BCUT2D eigenvalue weighted by Crippen LogP contribution is 2.32. The molecule has 0 bridgehead atoms. The van der Waals surface area contributed by atoms with E-state index >= 15 is 0 Å². The first kappa shape index (κ1) is 13.1. The Morgan fingerprint density at radius 2 is 1.81 bits per heavy atom. The fraction of sp³-hybridized carbons (Fsp3) is 0.222. The molecule has 86 valence electrons. The Labute approximate surface area is 108 Å². The Balaban J connectivity index is 2.89. The number of rotatable bonds is 4. The lowest BCUT2D eigenvalue weighted by Crippen LogP contribution is -2.17. The second kappa shape index (κ2) is 5.40. The van der Waals surface area contributed by atoms with Gasteiger partial charge in [0.05, 0.1) is 9.75 Å². The minimum Gasteiger partial charge on any atom is -0.480 e. The second-order valence-electron chi connectivity index (χ2n) is 2.99. The van der Waals surface area contributed by atoms with Gasteiger partial charge in [0.25, 0.3) is 5.69 Å². The molecular weight excluding hydrogens is 346 g/mol. The van der Waals surface area contributed by atoms with E-state index in [1.54, 1.807) is 0 Å². The lowest BCUT2D eigenvalue weighted by atomic mass is 10.1. The van der Waals surface area contributed by atoms with Crippen LogP contribution in [0.25, 0.3) is 0 Å². The number of nitro benzene ring substituents is 1. The summed E-state index contributed by atoms with van der Waals surface area (Å²) in [4.78, 5) is 19.4. The zero-order chi connectivity index (χ0) is 12.3. The first-order valence-electron chi connectivity index (χ1n) is 4.18. The average Bonchev–Trinajstić information content (AvgIpc) is 2.27. The number of aliphatic carboxylic acids is 1. The number of nitrogens with zero attached hydrogens (tertiary/aromatic N) is 1. The predicted octanol–water partition coefficient (Wildman–Crippen LogP) is 2.88. The van der Waals surface area contributed by atoms with Crippen LogP contribution < -0.4 is 0 Å². The number of halogens is 2. The summed E-state index contributed by atoms with van der Waals surface area (Å²) in [6.07, 6.45) is 0. The van der Waals surface area contributed by atoms with E-state index in [0.29, 0.717) is 5.56 Å². The van der Waals surface area contributed by atoms with Crippen LogP contribution in [0.1, 0.15) is 10.4 Å². The molecule has 0 saturated carbocycles. The molecule has 0 radical (unpaired) electrons. The molecule has 2 atom stereocenters. The smallest absolute Gasteiger partial charge is 0.318 e. The molecule has 0 fully saturated rings. The quantitative estimate of drug-likeness (QED) is 0.513. The van der Waals surface area contributed by atoms with Crippen LogP contribution in [0.3, 0.4) is 0 Å². The van der Waals surface area contributed by atoms with Crippen molar-refractivity contribution < 1.29 is 14.8 Å². The van der Waals surface area contributed by atoms with Crippen molar-refractivity contribution in [1.29, 1.82) is 0 Å². The van der Waals surface area contributed by atoms with Crippen LogP contribution in [-0.4, -0.2) is 20.8 Å². The van der Waals surface area contributed by atoms with Gasteiger partial charge in [0, 0.05) is 12.1 Å². The summed E-state index contributed by atoms with van der Waals surface area (Å²) in [5, 5.41) is 19.2. The Kier molecular flexibility index (Phi) is 4.43. The molecule has 0 spiro atoms. The van der Waals surface area contributed by atoms with E-state index in [0.717, 1.165) is 0 Å². The predicted molar refractivity (Wildman–Crippen MR) is 65.1 cm³/mol. The van der Waals surface area contributed by atoms with Crippen molar-refractivity contribution in [3.05, 3.63) is 39.9 Å². The number of carboxylic acid groups (broad SMARTS) is 1. The summed E-state index contributed by atoms with van der Waals surface area (Å²) in [6, 6.07) is 5.72. The number of nitro groups is 1. The van der Waals surface area contributed by atoms with Gasteiger partial charge in [-0.2, -0.15) is 0 Å². The number of alkyl halides is 2. The van der Waals surface area contributed by atoms with Gasteiger partial charge < -0.3 is 5.11 Å². The molecule has 0 heterocycles. The summed E-state index contributed by atoms with van der Waals surface area (Å²) < 4.78 is 0. The second-order valence-corrected chi connectivity index (χ2v) is 4.96. The van der Waals surface area contributed by atoms with Gasteiger partial charge in [0.15, 0.2) is 0 Å². The van der Waals surface area contributed by atoms with Crippen LogP contribution in [0, 0.1) is 10.1 Å². The monoisotopic (exact) mass is 351 g/mol. The van der Waals surface area contributed by atoms with Gasteiger partial charge in [-0.1, -0.05) is 44.0 Å². The van der Waals surface area contributed by atoms with Crippen LogP contribution in [0.4, 0.5) is 5.69 Å². The zero-order valence-electron chi connectivity index (χ0n) is 7.84. The summed E-state index contributed by atoms with van der Waals surface area (Å²) in [7, 11) is 0. The highest BCUT2D eigenvalue weighted by molar-refractivity contribution is 9.12. The molecule has 7 heteroatoms. The normalized spacial score (nSPS) is 14.1. The number of hydrogen-bond donors (Lipinski definition) is 1. The molecule has 0 aliphatic rings. The van der Waals surface area contributed by atoms with Gasteiger partial charge in [-0.3, -0.25) is 14.9 Å². The van der Waals surface area contributed by atoms with Crippen LogP contribution in [0.5, 0.6) is 0 Å². The molecular formula is C9H7Br2NO4. The van der Waals surface area contributed by atoms with Crippen molar-refractivity contribution in [2.24, 2.45) is 0 Å². The van der Waals surface area contributed by atoms with E-state index in [-0.39, 0.29) is 5.69 Å². The van der Waals surface area contributed by atoms with E-state index in [1.807, 2.05) is 0 Å². The fourth-order valence-corrected chi connectivity index (χ4v) is 1.91. The zero-order valence-corrected chi connectivity index (χ0v) is 11.0. The number of benzene rings is 1. The molecule has 1 aromatic rings. The highest BCUT2D eigenvalue weighted by Gasteiger charge is 2.24. The maximum atomic E-state index is 10.7. The maximum absolute atomic E-state index is 10.7. The van der Waals surface area contributed by atoms with E-state index in [9.17, 15) is 14.9 Å². The molecule has 16 heavy (non-hydrogen) atoms. The van der Waals surface area contributed by atoms with Crippen LogP contribution in [-0.2, 0) is 4.79 Å².